The van der Waals surface area contributed by atoms with Gasteiger partial charge in [0.1, 0.15) is 11.8 Å². The molecule has 0 radical (unpaired) electrons. The van der Waals surface area contributed by atoms with Gasteiger partial charge in [-0.1, -0.05) is 0 Å². The van der Waals surface area contributed by atoms with Crippen LogP contribution in [-0.2, 0) is 9.53 Å². The van der Waals surface area contributed by atoms with Gasteiger partial charge >= 0.3 is 5.97 Å². The van der Waals surface area contributed by atoms with Crippen LogP contribution < -0.4 is 9.64 Å². The lowest BCUT2D eigenvalue weighted by molar-refractivity contribution is -0.139. The van der Waals surface area contributed by atoms with Crippen molar-refractivity contribution in [3.05, 3.63) is 24.3 Å². The van der Waals surface area contributed by atoms with Crippen LogP contribution in [0.4, 0.5) is 5.69 Å². The second kappa shape index (κ2) is 3.81. The van der Waals surface area contributed by atoms with Gasteiger partial charge in [-0.2, -0.15) is 0 Å². The quantitative estimate of drug-likeness (QED) is 0.548. The second-order valence-electron chi connectivity index (χ2n) is 3.39. The Morgan fingerprint density at radius 3 is 2.53 bits per heavy atom. The lowest BCUT2D eigenvalue weighted by Crippen LogP contribution is -2.13. The van der Waals surface area contributed by atoms with E-state index in [2.05, 4.69) is 4.74 Å². The zero-order valence-corrected chi connectivity index (χ0v) is 8.77. The molecular formula is C11H13NO3. The third-order valence-electron chi connectivity index (χ3n) is 2.49. The van der Waals surface area contributed by atoms with E-state index < -0.39 is 0 Å². The Balaban J connectivity index is 2.04. The Bertz CT molecular complexity index is 361. The zero-order chi connectivity index (χ0) is 10.8. The van der Waals surface area contributed by atoms with Crippen LogP contribution in [-0.4, -0.2) is 32.8 Å². The molecule has 0 saturated carbocycles. The van der Waals surface area contributed by atoms with Gasteiger partial charge in [-0.3, -0.25) is 0 Å². The molecule has 0 spiro atoms. The molecule has 1 aliphatic heterocycles. The molecule has 4 nitrogen and oxygen atoms in total. The third kappa shape index (κ3) is 1.88. The number of esters is 1. The van der Waals surface area contributed by atoms with Crippen molar-refractivity contribution in [3.8, 4) is 5.75 Å². The lowest BCUT2D eigenvalue weighted by Gasteiger charge is -2.05. The van der Waals surface area contributed by atoms with E-state index in [1.54, 1.807) is 7.11 Å². The third-order valence-corrected chi connectivity index (χ3v) is 2.49. The summed E-state index contributed by atoms with van der Waals surface area (Å²) in [6, 6.07) is 7.51. The van der Waals surface area contributed by atoms with Gasteiger partial charge in [-0.05, 0) is 24.3 Å². The molecule has 15 heavy (non-hydrogen) atoms. The number of carbonyl (C=O) groups is 1. The van der Waals surface area contributed by atoms with Crippen LogP contribution in [0.2, 0.25) is 0 Å². The average Bonchev–Trinajstić information content (AvgIpc) is 3.08. The van der Waals surface area contributed by atoms with Crippen molar-refractivity contribution in [1.82, 2.24) is 0 Å². The summed E-state index contributed by atoms with van der Waals surface area (Å²) in [5.41, 5.74) is 1.02. The normalized spacial score (nSPS) is 18.5. The number of methoxy groups -OCH3 is 2. The minimum absolute atomic E-state index is 0.108. The van der Waals surface area contributed by atoms with Crippen LogP contribution in [0.3, 0.4) is 0 Å². The fraction of sp³-hybridized carbons (Fsp3) is 0.364. The molecule has 1 heterocycles. The number of nitrogens with zero attached hydrogens (tertiary/aromatic N) is 1. The Morgan fingerprint density at radius 1 is 1.33 bits per heavy atom. The highest BCUT2D eigenvalue weighted by Gasteiger charge is 2.41. The molecular weight excluding hydrogens is 194 g/mol. The maximum absolute atomic E-state index is 11.2. The molecule has 80 valence electrons. The number of benzene rings is 1. The first-order valence-corrected chi connectivity index (χ1v) is 4.75. The van der Waals surface area contributed by atoms with E-state index in [4.69, 9.17) is 4.74 Å². The molecule has 1 atom stereocenters. The van der Waals surface area contributed by atoms with Gasteiger partial charge in [0, 0.05) is 5.69 Å². The SMILES string of the molecule is COC(=O)C1CN1c1ccc(OC)cc1. The Labute approximate surface area is 88.4 Å². The smallest absolute Gasteiger partial charge is 0.330 e. The van der Waals surface area contributed by atoms with E-state index in [-0.39, 0.29) is 12.0 Å². The van der Waals surface area contributed by atoms with Gasteiger partial charge in [0.15, 0.2) is 0 Å². The topological polar surface area (TPSA) is 38.5 Å². The molecule has 1 fully saturated rings. The highest BCUT2D eigenvalue weighted by Crippen LogP contribution is 2.29. The van der Waals surface area contributed by atoms with E-state index in [0.717, 1.165) is 18.0 Å². The summed E-state index contributed by atoms with van der Waals surface area (Å²) in [6.07, 6.45) is 0. The fourth-order valence-corrected chi connectivity index (χ4v) is 1.54. The van der Waals surface area contributed by atoms with Crippen LogP contribution in [0, 0.1) is 0 Å². The molecule has 2 rings (SSSR count). The number of hydrogen-bond donors (Lipinski definition) is 0. The van der Waals surface area contributed by atoms with Gasteiger partial charge < -0.3 is 14.4 Å². The molecule has 0 aromatic heterocycles. The van der Waals surface area contributed by atoms with Crippen LogP contribution >= 0.6 is 0 Å². The van der Waals surface area contributed by atoms with Gasteiger partial charge in [0.05, 0.1) is 20.8 Å². The first kappa shape index (κ1) is 9.83. The maximum atomic E-state index is 11.2. The van der Waals surface area contributed by atoms with Crippen LogP contribution in [0.5, 0.6) is 5.75 Å². The number of carbonyl (C=O) groups excluding carboxylic acids is 1. The highest BCUT2D eigenvalue weighted by atomic mass is 16.5. The molecule has 0 N–H and O–H groups in total. The summed E-state index contributed by atoms with van der Waals surface area (Å²) in [6.45, 7) is 0.735. The van der Waals surface area contributed by atoms with Crippen molar-refractivity contribution in [2.24, 2.45) is 0 Å². The van der Waals surface area contributed by atoms with Crippen molar-refractivity contribution >= 4 is 11.7 Å². The molecule has 4 heteroatoms. The molecule has 1 aliphatic rings. The van der Waals surface area contributed by atoms with E-state index in [0.29, 0.717) is 0 Å². The predicted molar refractivity (Wildman–Crippen MR) is 56.1 cm³/mol. The minimum atomic E-state index is -0.175. The van der Waals surface area contributed by atoms with Gasteiger partial charge in [-0.25, -0.2) is 4.79 Å². The minimum Gasteiger partial charge on any atom is -0.497 e. The largest absolute Gasteiger partial charge is 0.497 e. The van der Waals surface area contributed by atoms with Crippen LogP contribution in [0.15, 0.2) is 24.3 Å². The average molecular weight is 207 g/mol. The van der Waals surface area contributed by atoms with Crippen LogP contribution in [0.25, 0.3) is 0 Å². The van der Waals surface area contributed by atoms with Gasteiger partial charge in [-0.15, -0.1) is 0 Å². The number of hydrogen-bond acceptors (Lipinski definition) is 4. The molecule has 0 bridgehead atoms. The number of rotatable bonds is 3. The fourth-order valence-electron chi connectivity index (χ4n) is 1.54. The summed E-state index contributed by atoms with van der Waals surface area (Å²) >= 11 is 0. The van der Waals surface area contributed by atoms with Gasteiger partial charge in [0.25, 0.3) is 0 Å². The van der Waals surface area contributed by atoms with Crippen LogP contribution in [0.1, 0.15) is 0 Å². The summed E-state index contributed by atoms with van der Waals surface area (Å²) < 4.78 is 9.72. The predicted octanol–water partition coefficient (Wildman–Crippen LogP) is 1.06. The Morgan fingerprint density at radius 2 is 2.00 bits per heavy atom. The van der Waals surface area contributed by atoms with Crippen molar-refractivity contribution in [2.75, 3.05) is 25.7 Å². The molecule has 1 unspecified atom stereocenters. The van der Waals surface area contributed by atoms with Gasteiger partial charge in [0.2, 0.25) is 0 Å². The van der Waals surface area contributed by atoms with E-state index >= 15 is 0 Å². The summed E-state index contributed by atoms with van der Waals surface area (Å²) in [5.74, 6) is 0.640. The van der Waals surface area contributed by atoms with E-state index in [1.807, 2.05) is 29.2 Å². The zero-order valence-electron chi connectivity index (χ0n) is 8.77. The molecule has 0 aliphatic carbocycles. The molecule has 1 saturated heterocycles. The first-order valence-electron chi connectivity index (χ1n) is 4.75. The second-order valence-corrected chi connectivity index (χ2v) is 3.39. The van der Waals surface area contributed by atoms with E-state index in [1.165, 1.54) is 7.11 Å². The van der Waals surface area contributed by atoms with Crippen molar-refractivity contribution in [3.63, 3.8) is 0 Å². The summed E-state index contributed by atoms with van der Waals surface area (Å²) in [4.78, 5) is 13.2. The molecule has 0 amide bonds. The Hall–Kier alpha value is -1.71. The molecule has 1 aromatic carbocycles. The highest BCUT2D eigenvalue weighted by molar-refractivity contribution is 5.86. The summed E-state index contributed by atoms with van der Waals surface area (Å²) in [5, 5.41) is 0. The lowest BCUT2D eigenvalue weighted by atomic mass is 10.3. The number of anilines is 1. The monoisotopic (exact) mass is 207 g/mol. The van der Waals surface area contributed by atoms with E-state index in [9.17, 15) is 4.79 Å². The standard InChI is InChI=1S/C11H13NO3/c1-14-9-5-3-8(4-6-9)12-7-10(12)11(13)15-2/h3-6,10H,7H2,1-2H3. The van der Waals surface area contributed by atoms with Crippen molar-refractivity contribution in [1.29, 1.82) is 0 Å². The first-order chi connectivity index (χ1) is 7.26. The summed E-state index contributed by atoms with van der Waals surface area (Å²) in [7, 11) is 3.04. The van der Waals surface area contributed by atoms with Crippen molar-refractivity contribution < 1.29 is 14.3 Å². The maximum Gasteiger partial charge on any atom is 0.330 e. The molecule has 1 aromatic rings. The Kier molecular flexibility index (Phi) is 2.49. The number of ether oxygens (including phenoxy) is 2. The van der Waals surface area contributed by atoms with Crippen molar-refractivity contribution in [2.45, 2.75) is 6.04 Å².